The van der Waals surface area contributed by atoms with E-state index in [1.807, 2.05) is 37.9 Å². The van der Waals surface area contributed by atoms with Gasteiger partial charge in [-0.05, 0) is 62.0 Å². The van der Waals surface area contributed by atoms with Gasteiger partial charge in [0.1, 0.15) is 16.9 Å². The third-order valence-corrected chi connectivity index (χ3v) is 5.33. The van der Waals surface area contributed by atoms with Gasteiger partial charge in [0.2, 0.25) is 11.7 Å². The molecule has 1 atom stereocenters. The first-order valence-electron chi connectivity index (χ1n) is 9.42. The first kappa shape index (κ1) is 21.0. The molecule has 0 saturated carbocycles. The highest BCUT2D eigenvalue weighted by molar-refractivity contribution is 6.39. The van der Waals surface area contributed by atoms with Gasteiger partial charge in [0, 0.05) is 11.4 Å². The van der Waals surface area contributed by atoms with Crippen LogP contribution in [-0.2, 0) is 14.4 Å². The van der Waals surface area contributed by atoms with Crippen molar-refractivity contribution in [1.82, 2.24) is 0 Å². The summed E-state index contributed by atoms with van der Waals surface area (Å²) in [6.45, 7) is 5.30. The number of amides is 2. The zero-order valence-electron chi connectivity index (χ0n) is 17.3. The summed E-state index contributed by atoms with van der Waals surface area (Å²) in [6, 6.07) is 12.3. The Morgan fingerprint density at radius 1 is 1.13 bits per heavy atom. The number of carbonyl (C=O) groups is 3. The van der Waals surface area contributed by atoms with E-state index in [2.05, 4.69) is 5.32 Å². The number of hydrogen-bond donors (Lipinski definition) is 2. The molecule has 2 N–H and O–H groups in total. The number of methoxy groups -OCH3 is 1. The van der Waals surface area contributed by atoms with E-state index in [0.717, 1.165) is 11.1 Å². The molecular weight excluding hydrogens is 382 g/mol. The topological polar surface area (TPSA) is 99.6 Å². The molecule has 0 spiro atoms. The van der Waals surface area contributed by atoms with Crippen molar-refractivity contribution in [1.29, 1.82) is 5.41 Å². The molecule has 2 aromatic rings. The molecular formula is C23H23N3O4. The Labute approximate surface area is 174 Å². The van der Waals surface area contributed by atoms with Crippen molar-refractivity contribution < 1.29 is 19.1 Å². The Bertz CT molecular complexity index is 1060. The number of Topliss-reactive ketones (excluding diaryl/α,β-unsaturated/α-hetero) is 1. The van der Waals surface area contributed by atoms with E-state index in [9.17, 15) is 14.4 Å². The van der Waals surface area contributed by atoms with Gasteiger partial charge in [-0.25, -0.2) is 0 Å². The highest BCUT2D eigenvalue weighted by Gasteiger charge is 2.54. The Morgan fingerprint density at radius 2 is 1.73 bits per heavy atom. The molecule has 3 rings (SSSR count). The number of benzene rings is 2. The molecule has 1 saturated heterocycles. The number of ether oxygens (including phenoxy) is 1. The lowest BCUT2D eigenvalue weighted by molar-refractivity contribution is -0.124. The van der Waals surface area contributed by atoms with Crippen LogP contribution in [0, 0.1) is 19.3 Å². The largest absolute Gasteiger partial charge is 0.497 e. The third-order valence-electron chi connectivity index (χ3n) is 5.33. The van der Waals surface area contributed by atoms with E-state index < -0.39 is 23.1 Å². The molecule has 0 aliphatic carbocycles. The zero-order valence-corrected chi connectivity index (χ0v) is 17.3. The number of nitrogens with one attached hydrogen (secondary N) is 2. The average molecular weight is 405 g/mol. The predicted molar refractivity (Wildman–Crippen MR) is 114 cm³/mol. The van der Waals surface area contributed by atoms with Crippen LogP contribution in [0.25, 0.3) is 0 Å². The minimum absolute atomic E-state index is 0.261. The Balaban J connectivity index is 1.97. The molecule has 1 heterocycles. The van der Waals surface area contributed by atoms with Crippen molar-refractivity contribution in [3.05, 3.63) is 59.2 Å². The normalized spacial score (nSPS) is 18.4. The fraction of sp³-hybridized carbons (Fsp3) is 0.261. The Morgan fingerprint density at radius 3 is 2.27 bits per heavy atom. The van der Waals surface area contributed by atoms with Crippen molar-refractivity contribution in [2.75, 3.05) is 17.3 Å². The number of para-hydroxylation sites is 1. The molecule has 0 aromatic heterocycles. The molecule has 1 fully saturated rings. The fourth-order valence-corrected chi connectivity index (χ4v) is 3.71. The van der Waals surface area contributed by atoms with Gasteiger partial charge >= 0.3 is 0 Å². The lowest BCUT2D eigenvalue weighted by Crippen LogP contribution is -2.49. The summed E-state index contributed by atoms with van der Waals surface area (Å²) in [7, 11) is 1.53. The molecule has 1 aliphatic rings. The molecule has 7 nitrogen and oxygen atoms in total. The number of ketones is 1. The lowest BCUT2D eigenvalue weighted by atomic mass is 9.90. The van der Waals surface area contributed by atoms with Gasteiger partial charge < -0.3 is 10.1 Å². The van der Waals surface area contributed by atoms with Gasteiger partial charge in [-0.1, -0.05) is 18.2 Å². The molecule has 0 radical (unpaired) electrons. The Hall–Kier alpha value is -3.70. The molecule has 7 heteroatoms. The van der Waals surface area contributed by atoms with Crippen LogP contribution >= 0.6 is 0 Å². The maximum absolute atomic E-state index is 13.0. The minimum atomic E-state index is -1.48. The summed E-state index contributed by atoms with van der Waals surface area (Å²) >= 11 is 0. The number of anilines is 2. The fourth-order valence-electron chi connectivity index (χ4n) is 3.71. The first-order chi connectivity index (χ1) is 14.2. The molecule has 154 valence electrons. The van der Waals surface area contributed by atoms with E-state index >= 15 is 0 Å². The van der Waals surface area contributed by atoms with Crippen molar-refractivity contribution in [2.24, 2.45) is 0 Å². The second-order valence-corrected chi connectivity index (χ2v) is 7.43. The molecule has 2 aromatic carbocycles. The van der Waals surface area contributed by atoms with Crippen LogP contribution in [0.3, 0.4) is 0 Å². The van der Waals surface area contributed by atoms with E-state index in [4.69, 9.17) is 10.1 Å². The quantitative estimate of drug-likeness (QED) is 0.453. The summed E-state index contributed by atoms with van der Waals surface area (Å²) < 4.78 is 5.15. The van der Waals surface area contributed by atoms with E-state index in [1.165, 1.54) is 18.9 Å². The molecule has 2 amide bonds. The van der Waals surface area contributed by atoms with Crippen molar-refractivity contribution in [3.8, 4) is 5.75 Å². The van der Waals surface area contributed by atoms with Crippen LogP contribution in [0.4, 0.5) is 11.4 Å². The zero-order chi connectivity index (χ0) is 22.1. The van der Waals surface area contributed by atoms with Crippen LogP contribution in [0.2, 0.25) is 0 Å². The van der Waals surface area contributed by atoms with Crippen LogP contribution in [0.1, 0.15) is 24.5 Å². The standard InChI is InChI=1S/C23H23N3O4/c1-14-6-5-7-15(2)20(14)25-19(27)12-23(3)21(28)18(13-24)22(29)26(23)16-8-10-17(30-4)11-9-16/h5-11,24H,12H2,1-4H3,(H,25,27). The maximum Gasteiger partial charge on any atom is 0.272 e. The average Bonchev–Trinajstić information content (AvgIpc) is 2.90. The summed E-state index contributed by atoms with van der Waals surface area (Å²) in [6.07, 6.45) is -0.261. The third kappa shape index (κ3) is 3.51. The van der Waals surface area contributed by atoms with Crippen molar-refractivity contribution in [2.45, 2.75) is 32.7 Å². The van der Waals surface area contributed by atoms with Crippen LogP contribution in [0.5, 0.6) is 5.75 Å². The lowest BCUT2D eigenvalue weighted by Gasteiger charge is -2.33. The van der Waals surface area contributed by atoms with E-state index in [1.54, 1.807) is 24.3 Å². The van der Waals surface area contributed by atoms with Gasteiger partial charge in [0.05, 0.1) is 13.5 Å². The first-order valence-corrected chi connectivity index (χ1v) is 9.42. The van der Waals surface area contributed by atoms with Gasteiger partial charge in [-0.3, -0.25) is 24.7 Å². The second kappa shape index (κ2) is 7.97. The monoisotopic (exact) mass is 405 g/mol. The summed E-state index contributed by atoms with van der Waals surface area (Å²) in [5.74, 6) is 0.889. The van der Waals surface area contributed by atoms with Crippen LogP contribution in [-0.4, -0.2) is 36.1 Å². The Kier molecular flexibility index (Phi) is 5.58. The summed E-state index contributed by atoms with van der Waals surface area (Å²) in [5, 5.41) is 10.3. The van der Waals surface area contributed by atoms with Crippen molar-refractivity contribution >= 4 is 34.8 Å². The summed E-state index contributed by atoms with van der Waals surface area (Å²) in [4.78, 5) is 40.1. The number of nitrogens with zero attached hydrogens (tertiary/aromatic N) is 1. The minimum Gasteiger partial charge on any atom is -0.497 e. The SMILES string of the molecule is COc1ccc(N2C(=O)C(=C=N)C(=O)C2(C)CC(=O)Nc2c(C)cccc2C)cc1. The summed E-state index contributed by atoms with van der Waals surface area (Å²) in [5.41, 5.74) is 1.07. The molecule has 30 heavy (non-hydrogen) atoms. The maximum atomic E-state index is 13.0. The van der Waals surface area contributed by atoms with Crippen LogP contribution < -0.4 is 15.0 Å². The van der Waals surface area contributed by atoms with Crippen LogP contribution in [0.15, 0.2) is 48.0 Å². The highest BCUT2D eigenvalue weighted by Crippen LogP contribution is 2.37. The number of carbonyl (C=O) groups excluding carboxylic acids is 3. The van der Waals surface area contributed by atoms with Gasteiger partial charge in [0.15, 0.2) is 0 Å². The molecule has 1 aliphatic heterocycles. The van der Waals surface area contributed by atoms with Gasteiger partial charge in [0.25, 0.3) is 5.91 Å². The number of hydrogen-bond acceptors (Lipinski definition) is 5. The predicted octanol–water partition coefficient (Wildman–Crippen LogP) is 3.19. The number of aryl methyl sites for hydroxylation is 2. The molecule has 0 bridgehead atoms. The van der Waals surface area contributed by atoms with E-state index in [0.29, 0.717) is 17.1 Å². The number of rotatable bonds is 5. The van der Waals surface area contributed by atoms with Crippen molar-refractivity contribution in [3.63, 3.8) is 0 Å². The van der Waals surface area contributed by atoms with Gasteiger partial charge in [-0.15, -0.1) is 0 Å². The highest BCUT2D eigenvalue weighted by atomic mass is 16.5. The van der Waals surface area contributed by atoms with Gasteiger partial charge in [-0.2, -0.15) is 0 Å². The smallest absolute Gasteiger partial charge is 0.272 e. The van der Waals surface area contributed by atoms with E-state index in [-0.39, 0.29) is 12.0 Å². The molecule has 1 unspecified atom stereocenters. The second-order valence-electron chi connectivity index (χ2n) is 7.43.